The van der Waals surface area contributed by atoms with E-state index in [0.29, 0.717) is 22.4 Å². The van der Waals surface area contributed by atoms with Gasteiger partial charge >= 0.3 is 0 Å². The van der Waals surface area contributed by atoms with Crippen molar-refractivity contribution in [3.8, 4) is 11.4 Å². The van der Waals surface area contributed by atoms with Crippen molar-refractivity contribution in [2.24, 2.45) is 0 Å². The molecule has 0 saturated carbocycles. The standard InChI is InChI=1S/C26H21FN4OS/c1-17-22(25-29-24(30-32-25)19-12-6-3-7-13-19)23(18-10-4-2-5-11-18)28-26(33)31(17)16-20-14-8-9-15-21(20)27/h2-15,23H,16H2,1H3,(H,28,33). The number of hydrogen-bond donors (Lipinski definition) is 1. The van der Waals surface area contributed by atoms with Gasteiger partial charge in [-0.05, 0) is 30.8 Å². The van der Waals surface area contributed by atoms with Crippen LogP contribution in [0.15, 0.2) is 95.1 Å². The summed E-state index contributed by atoms with van der Waals surface area (Å²) in [4.78, 5) is 6.56. The van der Waals surface area contributed by atoms with Crippen molar-refractivity contribution in [1.29, 1.82) is 0 Å². The van der Waals surface area contributed by atoms with E-state index < -0.39 is 0 Å². The molecule has 0 bridgehead atoms. The second-order valence-corrected chi connectivity index (χ2v) is 8.15. The van der Waals surface area contributed by atoms with E-state index in [4.69, 9.17) is 21.7 Å². The van der Waals surface area contributed by atoms with Crippen LogP contribution in [0.2, 0.25) is 0 Å². The predicted molar refractivity (Wildman–Crippen MR) is 129 cm³/mol. The molecule has 1 aromatic heterocycles. The van der Waals surface area contributed by atoms with Crippen LogP contribution < -0.4 is 5.32 Å². The molecule has 0 saturated heterocycles. The van der Waals surface area contributed by atoms with Gasteiger partial charge in [0.05, 0.1) is 18.2 Å². The fourth-order valence-electron chi connectivity index (χ4n) is 3.98. The quantitative estimate of drug-likeness (QED) is 0.387. The first-order valence-corrected chi connectivity index (χ1v) is 11.0. The summed E-state index contributed by atoms with van der Waals surface area (Å²) in [6.45, 7) is 2.24. The average molecular weight is 457 g/mol. The fourth-order valence-corrected chi connectivity index (χ4v) is 4.30. The molecule has 4 aromatic rings. The van der Waals surface area contributed by atoms with E-state index >= 15 is 0 Å². The van der Waals surface area contributed by atoms with Gasteiger partial charge < -0.3 is 14.7 Å². The maximum absolute atomic E-state index is 14.4. The summed E-state index contributed by atoms with van der Waals surface area (Å²) in [7, 11) is 0. The van der Waals surface area contributed by atoms with E-state index in [1.807, 2.05) is 78.6 Å². The van der Waals surface area contributed by atoms with E-state index in [-0.39, 0.29) is 18.4 Å². The number of benzene rings is 3. The van der Waals surface area contributed by atoms with Crippen LogP contribution in [0.4, 0.5) is 4.39 Å². The minimum atomic E-state index is -0.278. The van der Waals surface area contributed by atoms with Gasteiger partial charge in [-0.2, -0.15) is 4.98 Å². The third-order valence-corrected chi connectivity index (χ3v) is 6.04. The molecule has 0 radical (unpaired) electrons. The second kappa shape index (κ2) is 8.96. The number of rotatable bonds is 5. The topological polar surface area (TPSA) is 54.2 Å². The van der Waals surface area contributed by atoms with Crippen LogP contribution in [0.5, 0.6) is 0 Å². The van der Waals surface area contributed by atoms with Gasteiger partial charge in [-0.1, -0.05) is 84.0 Å². The molecular formula is C26H21FN4OS. The van der Waals surface area contributed by atoms with Gasteiger partial charge in [0.15, 0.2) is 5.11 Å². The fraction of sp³-hybridized carbons (Fsp3) is 0.115. The van der Waals surface area contributed by atoms with Crippen molar-refractivity contribution < 1.29 is 8.91 Å². The van der Waals surface area contributed by atoms with Crippen molar-refractivity contribution in [2.75, 3.05) is 0 Å². The van der Waals surface area contributed by atoms with Crippen LogP contribution >= 0.6 is 12.2 Å². The van der Waals surface area contributed by atoms with Gasteiger partial charge in [0.25, 0.3) is 5.89 Å². The second-order valence-electron chi connectivity index (χ2n) is 7.76. The Labute approximate surface area is 196 Å². The Kier molecular flexibility index (Phi) is 5.71. The van der Waals surface area contributed by atoms with Gasteiger partial charge in [-0.15, -0.1) is 0 Å². The van der Waals surface area contributed by atoms with Gasteiger partial charge in [-0.3, -0.25) is 0 Å². The number of aromatic nitrogens is 2. The zero-order valence-electron chi connectivity index (χ0n) is 17.9. The molecule has 0 fully saturated rings. The highest BCUT2D eigenvalue weighted by Crippen LogP contribution is 2.38. The highest BCUT2D eigenvalue weighted by Gasteiger charge is 2.34. The van der Waals surface area contributed by atoms with Crippen molar-refractivity contribution in [1.82, 2.24) is 20.4 Å². The number of allylic oxidation sites excluding steroid dienone is 1. The highest BCUT2D eigenvalue weighted by atomic mass is 32.1. The monoisotopic (exact) mass is 456 g/mol. The van der Waals surface area contributed by atoms with Crippen molar-refractivity contribution in [3.63, 3.8) is 0 Å². The van der Waals surface area contributed by atoms with Crippen LogP contribution in [-0.2, 0) is 6.54 Å². The number of thiocarbonyl (C=S) groups is 1. The molecule has 5 nitrogen and oxygen atoms in total. The van der Waals surface area contributed by atoms with E-state index in [1.165, 1.54) is 6.07 Å². The summed E-state index contributed by atoms with van der Waals surface area (Å²) in [5.41, 5.74) is 4.07. The number of nitrogens with zero attached hydrogens (tertiary/aromatic N) is 3. The molecule has 3 aromatic carbocycles. The van der Waals surface area contributed by atoms with Gasteiger partial charge in [0.2, 0.25) is 5.82 Å². The van der Waals surface area contributed by atoms with Gasteiger partial charge in [-0.25, -0.2) is 4.39 Å². The number of hydrogen-bond acceptors (Lipinski definition) is 4. The third kappa shape index (κ3) is 4.15. The Morgan fingerprint density at radius 1 is 0.970 bits per heavy atom. The lowest BCUT2D eigenvalue weighted by Gasteiger charge is -2.37. The highest BCUT2D eigenvalue weighted by molar-refractivity contribution is 7.80. The lowest BCUT2D eigenvalue weighted by Crippen LogP contribution is -2.45. The molecular weight excluding hydrogens is 435 g/mol. The molecule has 33 heavy (non-hydrogen) atoms. The molecule has 5 rings (SSSR count). The summed E-state index contributed by atoms with van der Waals surface area (Å²) < 4.78 is 20.1. The molecule has 0 spiro atoms. The first-order valence-electron chi connectivity index (χ1n) is 10.6. The minimum Gasteiger partial charge on any atom is -0.351 e. The van der Waals surface area contributed by atoms with E-state index in [2.05, 4.69) is 10.5 Å². The Bertz CT molecular complexity index is 1320. The summed E-state index contributed by atoms with van der Waals surface area (Å²) in [6.07, 6.45) is 0. The minimum absolute atomic E-state index is 0.274. The Morgan fingerprint density at radius 3 is 2.36 bits per heavy atom. The van der Waals surface area contributed by atoms with Gasteiger partial charge in [0, 0.05) is 16.8 Å². The third-order valence-electron chi connectivity index (χ3n) is 5.70. The first kappa shape index (κ1) is 21.0. The lowest BCUT2D eigenvalue weighted by molar-refractivity contribution is 0.395. The van der Waals surface area contributed by atoms with Crippen molar-refractivity contribution in [2.45, 2.75) is 19.5 Å². The maximum atomic E-state index is 14.4. The average Bonchev–Trinajstić information content (AvgIpc) is 3.33. The maximum Gasteiger partial charge on any atom is 0.258 e. The SMILES string of the molecule is CC1=C(c2nc(-c3ccccc3)no2)C(c2ccccc2)NC(=S)N1Cc1ccccc1F. The smallest absolute Gasteiger partial charge is 0.258 e. The first-order chi connectivity index (χ1) is 16.1. The largest absolute Gasteiger partial charge is 0.351 e. The lowest BCUT2D eigenvalue weighted by atomic mass is 9.94. The Balaban J connectivity index is 1.60. The molecule has 0 aliphatic carbocycles. The molecule has 0 amide bonds. The summed E-state index contributed by atoms with van der Waals surface area (Å²) >= 11 is 5.70. The number of halogens is 1. The van der Waals surface area contributed by atoms with Crippen LogP contribution in [0.3, 0.4) is 0 Å². The zero-order valence-corrected chi connectivity index (χ0v) is 18.7. The Morgan fingerprint density at radius 2 is 1.64 bits per heavy atom. The molecule has 164 valence electrons. The zero-order chi connectivity index (χ0) is 22.8. The molecule has 1 aliphatic rings. The van der Waals surface area contributed by atoms with Crippen molar-refractivity contribution in [3.05, 3.63) is 113 Å². The van der Waals surface area contributed by atoms with Gasteiger partial charge in [0.1, 0.15) is 5.82 Å². The molecule has 1 aliphatic heterocycles. The van der Waals surface area contributed by atoms with E-state index in [9.17, 15) is 4.39 Å². The van der Waals surface area contributed by atoms with Crippen LogP contribution in [0.25, 0.3) is 17.0 Å². The summed E-state index contributed by atoms with van der Waals surface area (Å²) in [5.74, 6) is 0.629. The molecule has 7 heteroatoms. The summed E-state index contributed by atoms with van der Waals surface area (Å²) in [6, 6.07) is 26.0. The Hall–Kier alpha value is -3.84. The van der Waals surface area contributed by atoms with Crippen LogP contribution in [0.1, 0.15) is 30.0 Å². The summed E-state index contributed by atoms with van der Waals surface area (Å²) in [5, 5.41) is 8.12. The molecule has 1 unspecified atom stereocenters. The van der Waals surface area contributed by atoms with Crippen LogP contribution in [-0.4, -0.2) is 20.2 Å². The normalized spacial score (nSPS) is 16.1. The number of nitrogens with one attached hydrogen (secondary N) is 1. The van der Waals surface area contributed by atoms with Crippen LogP contribution in [0, 0.1) is 5.82 Å². The predicted octanol–water partition coefficient (Wildman–Crippen LogP) is 5.74. The van der Waals surface area contributed by atoms with E-state index in [0.717, 1.165) is 22.4 Å². The molecule has 2 heterocycles. The molecule has 1 N–H and O–H groups in total. The van der Waals surface area contributed by atoms with E-state index in [1.54, 1.807) is 12.1 Å². The van der Waals surface area contributed by atoms with Crippen molar-refractivity contribution >= 4 is 22.9 Å². The molecule has 1 atom stereocenters.